The van der Waals surface area contributed by atoms with Crippen molar-refractivity contribution in [2.45, 2.75) is 26.1 Å². The molecular weight excluding hydrogens is 390 g/mol. The summed E-state index contributed by atoms with van der Waals surface area (Å²) in [6, 6.07) is 11.7. The maximum atomic E-state index is 12.2. The van der Waals surface area contributed by atoms with E-state index in [2.05, 4.69) is 10.2 Å². The van der Waals surface area contributed by atoms with E-state index in [-0.39, 0.29) is 30.3 Å². The molecule has 0 aromatic heterocycles. The van der Waals surface area contributed by atoms with Crippen molar-refractivity contribution in [3.8, 4) is 11.5 Å². The molecule has 0 aliphatic carbocycles. The number of hydrogen-bond acceptors (Lipinski definition) is 7. The van der Waals surface area contributed by atoms with Crippen molar-refractivity contribution in [3.63, 3.8) is 0 Å². The topological polar surface area (TPSA) is 103 Å². The second-order valence-corrected chi connectivity index (χ2v) is 7.14. The summed E-state index contributed by atoms with van der Waals surface area (Å²) in [5, 5.41) is 13.9. The van der Waals surface area contributed by atoms with Gasteiger partial charge in [0.2, 0.25) is 0 Å². The maximum absolute atomic E-state index is 12.2. The minimum absolute atomic E-state index is 0.00172. The van der Waals surface area contributed by atoms with E-state index in [0.29, 0.717) is 11.4 Å². The SMILES string of the molecule is COc1ccc(OCC(=O)Nc2ccc(N3CC(C)OC(C)C3)cc2)c([N+](=O)[O-])c1. The minimum atomic E-state index is -0.582. The van der Waals surface area contributed by atoms with Gasteiger partial charge in [-0.05, 0) is 50.2 Å². The molecule has 1 aliphatic rings. The van der Waals surface area contributed by atoms with E-state index in [1.165, 1.54) is 25.3 Å². The second kappa shape index (κ2) is 9.45. The van der Waals surface area contributed by atoms with Crippen LogP contribution in [0.2, 0.25) is 0 Å². The van der Waals surface area contributed by atoms with Gasteiger partial charge in [0.1, 0.15) is 5.75 Å². The van der Waals surface area contributed by atoms with E-state index >= 15 is 0 Å². The van der Waals surface area contributed by atoms with E-state index < -0.39 is 10.8 Å². The lowest BCUT2D eigenvalue weighted by molar-refractivity contribution is -0.385. The highest BCUT2D eigenvalue weighted by Crippen LogP contribution is 2.31. The summed E-state index contributed by atoms with van der Waals surface area (Å²) >= 11 is 0. The fourth-order valence-corrected chi connectivity index (χ4v) is 3.37. The van der Waals surface area contributed by atoms with Crippen LogP contribution in [0.1, 0.15) is 13.8 Å². The fraction of sp³-hybridized carbons (Fsp3) is 0.381. The summed E-state index contributed by atoms with van der Waals surface area (Å²) in [7, 11) is 1.42. The number of nitrogens with zero attached hydrogens (tertiary/aromatic N) is 2. The number of benzene rings is 2. The molecule has 1 aliphatic heterocycles. The molecular formula is C21H25N3O6. The molecule has 3 rings (SSSR count). The third-order valence-corrected chi connectivity index (χ3v) is 4.66. The van der Waals surface area contributed by atoms with Gasteiger partial charge in [0, 0.05) is 24.5 Å². The zero-order valence-corrected chi connectivity index (χ0v) is 17.2. The second-order valence-electron chi connectivity index (χ2n) is 7.14. The predicted octanol–water partition coefficient (Wildman–Crippen LogP) is 3.23. The first-order valence-corrected chi connectivity index (χ1v) is 9.61. The molecule has 2 aromatic rings. The molecule has 1 heterocycles. The van der Waals surface area contributed by atoms with Crippen LogP contribution in [0.25, 0.3) is 0 Å². The molecule has 30 heavy (non-hydrogen) atoms. The van der Waals surface area contributed by atoms with E-state index in [0.717, 1.165) is 18.8 Å². The average molecular weight is 415 g/mol. The van der Waals surface area contributed by atoms with Crippen LogP contribution < -0.4 is 19.7 Å². The number of carbonyl (C=O) groups is 1. The van der Waals surface area contributed by atoms with Crippen LogP contribution >= 0.6 is 0 Å². The Bertz CT molecular complexity index is 892. The first-order chi connectivity index (χ1) is 14.4. The number of ether oxygens (including phenoxy) is 3. The standard InChI is InChI=1S/C21H25N3O6/c1-14-11-23(12-15(2)30-14)17-6-4-16(5-7-17)22-21(25)13-29-20-9-8-18(28-3)10-19(20)24(26)27/h4-10,14-15H,11-13H2,1-3H3,(H,22,25). The number of hydrogen-bond donors (Lipinski definition) is 1. The van der Waals surface area contributed by atoms with Gasteiger partial charge < -0.3 is 24.4 Å². The maximum Gasteiger partial charge on any atom is 0.314 e. The molecule has 0 spiro atoms. The van der Waals surface area contributed by atoms with Crippen molar-refractivity contribution in [3.05, 3.63) is 52.6 Å². The van der Waals surface area contributed by atoms with E-state index in [1.54, 1.807) is 0 Å². The molecule has 1 N–H and O–H groups in total. The molecule has 0 radical (unpaired) electrons. The number of methoxy groups -OCH3 is 1. The summed E-state index contributed by atoms with van der Waals surface area (Å²) in [6.45, 7) is 5.36. The van der Waals surface area contributed by atoms with Crippen LogP contribution in [0.5, 0.6) is 11.5 Å². The van der Waals surface area contributed by atoms with Crippen LogP contribution in [-0.2, 0) is 9.53 Å². The number of carbonyl (C=O) groups excluding carboxylic acids is 1. The van der Waals surface area contributed by atoms with Gasteiger partial charge in [-0.15, -0.1) is 0 Å². The average Bonchev–Trinajstić information content (AvgIpc) is 2.72. The molecule has 2 unspecified atom stereocenters. The number of nitrogens with one attached hydrogen (secondary N) is 1. The highest BCUT2D eigenvalue weighted by Gasteiger charge is 2.22. The van der Waals surface area contributed by atoms with Gasteiger partial charge in [0.05, 0.1) is 30.3 Å². The summed E-state index contributed by atoms with van der Waals surface area (Å²) in [5.74, 6) is -0.0778. The van der Waals surface area contributed by atoms with Crippen molar-refractivity contribution >= 4 is 23.0 Å². The molecule has 9 nitrogen and oxygen atoms in total. The van der Waals surface area contributed by atoms with Gasteiger partial charge in [0.25, 0.3) is 5.91 Å². The Morgan fingerprint density at radius 3 is 2.47 bits per heavy atom. The molecule has 2 atom stereocenters. The van der Waals surface area contributed by atoms with Gasteiger partial charge in [0.15, 0.2) is 12.4 Å². The van der Waals surface area contributed by atoms with Gasteiger partial charge in [-0.3, -0.25) is 14.9 Å². The number of anilines is 2. The van der Waals surface area contributed by atoms with Gasteiger partial charge >= 0.3 is 5.69 Å². The van der Waals surface area contributed by atoms with Crippen LogP contribution in [0.15, 0.2) is 42.5 Å². The van der Waals surface area contributed by atoms with Crippen LogP contribution in [0.3, 0.4) is 0 Å². The highest BCUT2D eigenvalue weighted by atomic mass is 16.6. The Hall–Kier alpha value is -3.33. The summed E-state index contributed by atoms with van der Waals surface area (Å²) in [6.07, 6.45) is 0.319. The van der Waals surface area contributed by atoms with Gasteiger partial charge in [-0.2, -0.15) is 0 Å². The summed E-state index contributed by atoms with van der Waals surface area (Å²) in [5.41, 5.74) is 1.41. The monoisotopic (exact) mass is 415 g/mol. The molecule has 0 saturated carbocycles. The Morgan fingerprint density at radius 2 is 1.87 bits per heavy atom. The van der Waals surface area contributed by atoms with E-state index in [1.807, 2.05) is 38.1 Å². The fourth-order valence-electron chi connectivity index (χ4n) is 3.37. The summed E-state index contributed by atoms with van der Waals surface area (Å²) < 4.78 is 16.1. The minimum Gasteiger partial charge on any atom is -0.496 e. The third-order valence-electron chi connectivity index (χ3n) is 4.66. The van der Waals surface area contributed by atoms with Crippen LogP contribution in [-0.4, -0.2) is 49.8 Å². The first-order valence-electron chi connectivity index (χ1n) is 9.61. The van der Waals surface area contributed by atoms with Crippen LogP contribution in [0, 0.1) is 10.1 Å². The number of nitro benzene ring substituents is 1. The Balaban J connectivity index is 1.57. The lowest BCUT2D eigenvalue weighted by atomic mass is 10.2. The lowest BCUT2D eigenvalue weighted by Gasteiger charge is -2.36. The van der Waals surface area contributed by atoms with Crippen LogP contribution in [0.4, 0.5) is 17.1 Å². The molecule has 0 bridgehead atoms. The van der Waals surface area contributed by atoms with Crippen molar-refractivity contribution in [1.82, 2.24) is 0 Å². The van der Waals surface area contributed by atoms with E-state index in [4.69, 9.17) is 14.2 Å². The predicted molar refractivity (Wildman–Crippen MR) is 112 cm³/mol. The van der Waals surface area contributed by atoms with Gasteiger partial charge in [-0.25, -0.2) is 0 Å². The largest absolute Gasteiger partial charge is 0.496 e. The third kappa shape index (κ3) is 5.38. The molecule has 2 aromatic carbocycles. The molecule has 1 fully saturated rings. The normalized spacial score (nSPS) is 18.6. The number of nitro groups is 1. The lowest BCUT2D eigenvalue weighted by Crippen LogP contribution is -2.45. The number of amides is 1. The van der Waals surface area contributed by atoms with Crippen molar-refractivity contribution in [2.75, 3.05) is 37.0 Å². The molecule has 1 saturated heterocycles. The molecule has 160 valence electrons. The van der Waals surface area contributed by atoms with E-state index in [9.17, 15) is 14.9 Å². The first kappa shape index (κ1) is 21.4. The Labute approximate surface area is 174 Å². The zero-order chi connectivity index (χ0) is 21.7. The smallest absolute Gasteiger partial charge is 0.314 e. The summed E-state index contributed by atoms with van der Waals surface area (Å²) in [4.78, 5) is 25.1. The Kier molecular flexibility index (Phi) is 6.73. The quantitative estimate of drug-likeness (QED) is 0.547. The van der Waals surface area contributed by atoms with Crippen molar-refractivity contribution in [2.24, 2.45) is 0 Å². The number of morpholine rings is 1. The zero-order valence-electron chi connectivity index (χ0n) is 17.2. The molecule has 9 heteroatoms. The van der Waals surface area contributed by atoms with Gasteiger partial charge in [-0.1, -0.05) is 0 Å². The van der Waals surface area contributed by atoms with Crippen molar-refractivity contribution < 1.29 is 23.9 Å². The Morgan fingerprint density at radius 1 is 1.20 bits per heavy atom. The van der Waals surface area contributed by atoms with Crippen molar-refractivity contribution in [1.29, 1.82) is 0 Å². The highest BCUT2D eigenvalue weighted by molar-refractivity contribution is 5.92. The molecule has 1 amide bonds. The number of rotatable bonds is 7.